The number of morpholine rings is 1. The summed E-state index contributed by atoms with van der Waals surface area (Å²) in [6, 6.07) is 7.41. The van der Waals surface area contributed by atoms with Crippen LogP contribution in [0, 0.1) is 5.82 Å². The van der Waals surface area contributed by atoms with Gasteiger partial charge >= 0.3 is 0 Å². The molecule has 1 aromatic rings. The van der Waals surface area contributed by atoms with E-state index in [0.29, 0.717) is 18.7 Å². The lowest BCUT2D eigenvalue weighted by atomic mass is 9.88. The van der Waals surface area contributed by atoms with Gasteiger partial charge in [0.2, 0.25) is 0 Å². The topological polar surface area (TPSA) is 38.5 Å². The van der Waals surface area contributed by atoms with Crippen LogP contribution in [0.1, 0.15) is 37.3 Å². The molecule has 0 amide bonds. The second-order valence-corrected chi connectivity index (χ2v) is 5.80. The minimum absolute atomic E-state index is 0.171. The van der Waals surface area contributed by atoms with Gasteiger partial charge in [-0.15, -0.1) is 0 Å². The molecular weight excluding hydrogens is 255 g/mol. The molecule has 0 radical (unpaired) electrons. The van der Waals surface area contributed by atoms with Crippen molar-refractivity contribution in [3.05, 3.63) is 35.6 Å². The Labute approximate surface area is 119 Å². The third kappa shape index (κ3) is 2.73. The number of hydrogen-bond acceptors (Lipinski definition) is 3. The van der Waals surface area contributed by atoms with Crippen molar-refractivity contribution >= 4 is 0 Å². The normalized spacial score (nSPS) is 28.9. The highest BCUT2D eigenvalue weighted by atomic mass is 19.1. The zero-order chi connectivity index (χ0) is 13.9. The van der Waals surface area contributed by atoms with Gasteiger partial charge in [-0.05, 0) is 30.5 Å². The molecule has 0 aromatic heterocycles. The monoisotopic (exact) mass is 278 g/mol. The maximum atomic E-state index is 13.1. The SMILES string of the molecule is NCC(c1ccc(F)cc1)N1CCOC2CCCCC21. The number of halogens is 1. The van der Waals surface area contributed by atoms with Gasteiger partial charge < -0.3 is 10.5 Å². The highest BCUT2D eigenvalue weighted by Gasteiger charge is 2.37. The Morgan fingerprint density at radius 2 is 2.00 bits per heavy atom. The van der Waals surface area contributed by atoms with Crippen LogP contribution in [0.2, 0.25) is 0 Å². The molecule has 1 aromatic carbocycles. The minimum Gasteiger partial charge on any atom is -0.375 e. The van der Waals surface area contributed by atoms with E-state index in [9.17, 15) is 4.39 Å². The first-order valence-corrected chi connectivity index (χ1v) is 7.62. The molecule has 1 heterocycles. The average molecular weight is 278 g/mol. The van der Waals surface area contributed by atoms with Crippen molar-refractivity contribution in [1.82, 2.24) is 4.90 Å². The second-order valence-electron chi connectivity index (χ2n) is 5.80. The maximum Gasteiger partial charge on any atom is 0.123 e. The van der Waals surface area contributed by atoms with Crippen LogP contribution in [0.25, 0.3) is 0 Å². The van der Waals surface area contributed by atoms with Crippen LogP contribution in [0.15, 0.2) is 24.3 Å². The largest absolute Gasteiger partial charge is 0.375 e. The van der Waals surface area contributed by atoms with E-state index in [4.69, 9.17) is 10.5 Å². The smallest absolute Gasteiger partial charge is 0.123 e. The van der Waals surface area contributed by atoms with Crippen molar-refractivity contribution < 1.29 is 9.13 Å². The summed E-state index contributed by atoms with van der Waals surface area (Å²) < 4.78 is 19.0. The summed E-state index contributed by atoms with van der Waals surface area (Å²) in [4.78, 5) is 2.49. The quantitative estimate of drug-likeness (QED) is 0.923. The van der Waals surface area contributed by atoms with Gasteiger partial charge in [-0.1, -0.05) is 25.0 Å². The maximum absolute atomic E-state index is 13.1. The van der Waals surface area contributed by atoms with Crippen molar-refractivity contribution in [2.24, 2.45) is 5.73 Å². The first-order chi connectivity index (χ1) is 9.79. The highest BCUT2D eigenvalue weighted by molar-refractivity contribution is 5.21. The molecule has 4 heteroatoms. The molecule has 0 bridgehead atoms. The van der Waals surface area contributed by atoms with Crippen molar-refractivity contribution in [3.63, 3.8) is 0 Å². The fourth-order valence-corrected chi connectivity index (χ4v) is 3.66. The number of ether oxygens (including phenoxy) is 1. The molecule has 3 unspecified atom stereocenters. The molecule has 1 saturated heterocycles. The predicted octanol–water partition coefficient (Wildman–Crippen LogP) is 2.47. The molecule has 110 valence electrons. The lowest BCUT2D eigenvalue weighted by Gasteiger charge is -2.47. The van der Waals surface area contributed by atoms with Crippen LogP contribution in [0.5, 0.6) is 0 Å². The second kappa shape index (κ2) is 6.20. The minimum atomic E-state index is -0.193. The van der Waals surface area contributed by atoms with Crippen LogP contribution in [0.4, 0.5) is 4.39 Å². The van der Waals surface area contributed by atoms with Gasteiger partial charge in [-0.3, -0.25) is 4.90 Å². The van der Waals surface area contributed by atoms with Crippen molar-refractivity contribution in [3.8, 4) is 0 Å². The number of nitrogens with two attached hydrogens (primary N) is 1. The van der Waals surface area contributed by atoms with Gasteiger partial charge in [-0.2, -0.15) is 0 Å². The highest BCUT2D eigenvalue weighted by Crippen LogP contribution is 2.33. The molecule has 1 aliphatic carbocycles. The summed E-state index contributed by atoms with van der Waals surface area (Å²) in [5.74, 6) is -0.193. The number of hydrogen-bond donors (Lipinski definition) is 1. The standard InChI is InChI=1S/C16H23FN2O/c17-13-7-5-12(6-8-13)15(11-18)19-9-10-20-16-4-2-1-3-14(16)19/h5-8,14-16H,1-4,9-11,18H2. The zero-order valence-electron chi connectivity index (χ0n) is 11.8. The van der Waals surface area contributed by atoms with Crippen LogP contribution >= 0.6 is 0 Å². The third-order valence-corrected chi connectivity index (χ3v) is 4.65. The van der Waals surface area contributed by atoms with E-state index in [-0.39, 0.29) is 11.9 Å². The molecule has 1 aliphatic heterocycles. The first-order valence-electron chi connectivity index (χ1n) is 7.62. The molecule has 20 heavy (non-hydrogen) atoms. The Kier molecular flexibility index (Phi) is 4.34. The lowest BCUT2D eigenvalue weighted by Crippen LogP contribution is -2.54. The van der Waals surface area contributed by atoms with Crippen molar-refractivity contribution in [1.29, 1.82) is 0 Å². The van der Waals surface area contributed by atoms with Gasteiger partial charge in [0.1, 0.15) is 5.82 Å². The number of nitrogens with zero attached hydrogens (tertiary/aromatic N) is 1. The summed E-state index contributed by atoms with van der Waals surface area (Å²) in [5, 5.41) is 0. The van der Waals surface area contributed by atoms with Crippen LogP contribution < -0.4 is 5.73 Å². The molecule has 3 nitrogen and oxygen atoms in total. The fourth-order valence-electron chi connectivity index (χ4n) is 3.66. The van der Waals surface area contributed by atoms with Crippen LogP contribution in [-0.4, -0.2) is 36.7 Å². The van der Waals surface area contributed by atoms with E-state index >= 15 is 0 Å². The number of rotatable bonds is 3. The number of benzene rings is 1. The third-order valence-electron chi connectivity index (χ3n) is 4.65. The number of fused-ring (bicyclic) bond motifs is 1. The molecule has 2 aliphatic rings. The Hall–Kier alpha value is -0.970. The molecule has 1 saturated carbocycles. The van der Waals surface area contributed by atoms with Crippen LogP contribution in [-0.2, 0) is 4.74 Å². The summed E-state index contributed by atoms with van der Waals surface area (Å²) in [5.41, 5.74) is 7.13. The van der Waals surface area contributed by atoms with E-state index in [2.05, 4.69) is 4.90 Å². The van der Waals surface area contributed by atoms with Gasteiger partial charge in [-0.25, -0.2) is 4.39 Å². The van der Waals surface area contributed by atoms with Gasteiger partial charge in [0, 0.05) is 25.2 Å². The Bertz CT molecular complexity index is 435. The van der Waals surface area contributed by atoms with E-state index in [1.807, 2.05) is 12.1 Å². The van der Waals surface area contributed by atoms with E-state index in [1.54, 1.807) is 0 Å². The lowest BCUT2D eigenvalue weighted by molar-refractivity contribution is -0.102. The summed E-state index contributed by atoms with van der Waals surface area (Å²) >= 11 is 0. The van der Waals surface area contributed by atoms with E-state index in [1.165, 1.54) is 31.4 Å². The fraction of sp³-hybridized carbons (Fsp3) is 0.625. The molecule has 2 N–H and O–H groups in total. The summed E-state index contributed by atoms with van der Waals surface area (Å²) in [6.07, 6.45) is 5.22. The van der Waals surface area contributed by atoms with Crippen LogP contribution in [0.3, 0.4) is 0 Å². The average Bonchev–Trinajstić information content (AvgIpc) is 2.50. The zero-order valence-corrected chi connectivity index (χ0v) is 11.8. The van der Waals surface area contributed by atoms with Gasteiger partial charge in [0.25, 0.3) is 0 Å². The van der Waals surface area contributed by atoms with Crippen molar-refractivity contribution in [2.75, 3.05) is 19.7 Å². The predicted molar refractivity (Wildman–Crippen MR) is 76.9 cm³/mol. The van der Waals surface area contributed by atoms with Crippen molar-refractivity contribution in [2.45, 2.75) is 43.9 Å². The molecule has 2 fully saturated rings. The molecule has 3 rings (SSSR count). The molecule has 3 atom stereocenters. The Morgan fingerprint density at radius 3 is 2.75 bits per heavy atom. The van der Waals surface area contributed by atoms with Gasteiger partial charge in [0.05, 0.1) is 12.7 Å². The van der Waals surface area contributed by atoms with E-state index < -0.39 is 0 Å². The molecular formula is C16H23FN2O. The van der Waals surface area contributed by atoms with Gasteiger partial charge in [0.15, 0.2) is 0 Å². The molecule has 0 spiro atoms. The van der Waals surface area contributed by atoms with E-state index in [0.717, 1.165) is 25.1 Å². The summed E-state index contributed by atoms with van der Waals surface area (Å²) in [7, 11) is 0. The first kappa shape index (κ1) is 14.0. The Morgan fingerprint density at radius 1 is 1.25 bits per heavy atom. The summed E-state index contributed by atoms with van der Waals surface area (Å²) in [6.45, 7) is 2.26. The Balaban J connectivity index is 1.82.